The molecule has 5 N–H and O–H groups in total. The Hall–Kier alpha value is -2.05. The van der Waals surface area contributed by atoms with E-state index in [1.165, 1.54) is 0 Å². The number of nitrogens with two attached hydrogens (primary N) is 1. The Morgan fingerprint density at radius 3 is 2.05 bits per heavy atom. The minimum absolute atomic E-state index is 0.378. The molecule has 0 rings (SSSR count). The van der Waals surface area contributed by atoms with Gasteiger partial charge in [0, 0.05) is 6.42 Å². The summed E-state index contributed by atoms with van der Waals surface area (Å²) in [5, 5.41) is 14.4. The zero-order valence-corrected chi connectivity index (χ0v) is 11.3. The lowest BCUT2D eigenvalue weighted by Crippen LogP contribution is -2.36. The highest BCUT2D eigenvalue weighted by atomic mass is 32.2. The van der Waals surface area contributed by atoms with Crippen LogP contribution in [-0.4, -0.2) is 58.4 Å². The topological polar surface area (TPSA) is 198 Å². The predicted molar refractivity (Wildman–Crippen MR) is 63.5 cm³/mol. The van der Waals surface area contributed by atoms with Crippen LogP contribution in [0, 0.1) is 0 Å². The molecule has 0 aliphatic carbocycles. The second kappa shape index (κ2) is 7.66. The molecule has 0 aliphatic heterocycles. The van der Waals surface area contributed by atoms with Crippen molar-refractivity contribution in [3.8, 4) is 0 Å². The van der Waals surface area contributed by atoms with Gasteiger partial charge in [-0.25, -0.2) is 0 Å². The third-order valence-electron chi connectivity index (χ3n) is 2.17. The molecule has 21 heavy (non-hydrogen) atoms. The van der Waals surface area contributed by atoms with Crippen molar-refractivity contribution in [2.24, 2.45) is 5.73 Å². The van der Waals surface area contributed by atoms with Crippen LogP contribution in [0.15, 0.2) is 0 Å². The maximum Gasteiger partial charge on any atom is 0.335 e. The monoisotopic (exact) mass is 327 g/mol. The number of hydrogen-bond acceptors (Lipinski definition) is 8. The van der Waals surface area contributed by atoms with Crippen molar-refractivity contribution < 1.29 is 47.1 Å². The van der Waals surface area contributed by atoms with Crippen molar-refractivity contribution in [2.45, 2.75) is 30.6 Å². The van der Waals surface area contributed by atoms with Gasteiger partial charge < -0.3 is 20.7 Å². The van der Waals surface area contributed by atoms with Gasteiger partial charge in [-0.15, -0.1) is 0 Å². The maximum absolute atomic E-state index is 11.3. The Morgan fingerprint density at radius 1 is 1.14 bits per heavy atom. The molecule has 0 aliphatic rings. The minimum atomic E-state index is -5.08. The first-order chi connectivity index (χ1) is 9.45. The number of carbonyl (C=O) groups excluding carboxylic acids is 2. The van der Waals surface area contributed by atoms with Gasteiger partial charge in [0.2, 0.25) is 0 Å². The van der Waals surface area contributed by atoms with Crippen LogP contribution in [0.5, 0.6) is 0 Å². The molecule has 0 aromatic rings. The first-order valence-corrected chi connectivity index (χ1v) is 6.86. The van der Waals surface area contributed by atoms with Crippen molar-refractivity contribution in [2.75, 3.05) is 0 Å². The molecule has 0 aromatic heterocycles. The molecule has 0 radical (unpaired) electrons. The normalized spacial score (nSPS) is 14.0. The standard InChI is InChI=1S/C9H13NO10S/c10-4(8(14)15)1-2-7(13)20-9(16)5(3-6(11)12)21(17,18)19/h4-5H,1-3,10H2,(H,11,12)(H,14,15)(H,17,18,19)/t4-,5?/m1/s1. The van der Waals surface area contributed by atoms with Crippen molar-refractivity contribution in [3.63, 3.8) is 0 Å². The first kappa shape index (κ1) is 18.9. The molecule has 0 heterocycles. The Morgan fingerprint density at radius 2 is 1.67 bits per heavy atom. The largest absolute Gasteiger partial charge is 0.481 e. The molecule has 0 aromatic carbocycles. The van der Waals surface area contributed by atoms with Crippen LogP contribution in [0.3, 0.4) is 0 Å². The molecule has 0 amide bonds. The van der Waals surface area contributed by atoms with Crippen molar-refractivity contribution in [3.05, 3.63) is 0 Å². The fourth-order valence-electron chi connectivity index (χ4n) is 1.09. The number of esters is 2. The summed E-state index contributed by atoms with van der Waals surface area (Å²) in [6, 6.07) is -1.39. The van der Waals surface area contributed by atoms with Crippen LogP contribution < -0.4 is 5.73 Å². The van der Waals surface area contributed by atoms with Gasteiger partial charge in [-0.3, -0.25) is 23.7 Å². The van der Waals surface area contributed by atoms with Crippen LogP contribution in [0.2, 0.25) is 0 Å². The van der Waals surface area contributed by atoms with E-state index in [0.29, 0.717) is 0 Å². The molecule has 0 saturated carbocycles. The quantitative estimate of drug-likeness (QED) is 0.218. The van der Waals surface area contributed by atoms with E-state index in [1.54, 1.807) is 0 Å². The zero-order chi connectivity index (χ0) is 16.8. The number of ether oxygens (including phenoxy) is 1. The fraction of sp³-hybridized carbons (Fsp3) is 0.556. The van der Waals surface area contributed by atoms with Crippen molar-refractivity contribution >= 4 is 34.0 Å². The van der Waals surface area contributed by atoms with Gasteiger partial charge in [0.05, 0.1) is 6.42 Å². The van der Waals surface area contributed by atoms with Gasteiger partial charge in [-0.1, -0.05) is 0 Å². The van der Waals surface area contributed by atoms with E-state index in [-0.39, 0.29) is 6.42 Å². The third-order valence-corrected chi connectivity index (χ3v) is 3.25. The maximum atomic E-state index is 11.3. The minimum Gasteiger partial charge on any atom is -0.481 e. The number of carboxylic acid groups (broad SMARTS) is 2. The Kier molecular flexibility index (Phi) is 6.91. The van der Waals surface area contributed by atoms with E-state index in [9.17, 15) is 27.6 Å². The first-order valence-electron chi connectivity index (χ1n) is 5.36. The Labute approximate surface area is 118 Å². The lowest BCUT2D eigenvalue weighted by Gasteiger charge is -2.10. The molecule has 11 nitrogen and oxygen atoms in total. The lowest BCUT2D eigenvalue weighted by atomic mass is 10.2. The van der Waals surface area contributed by atoms with Gasteiger partial charge in [-0.2, -0.15) is 8.42 Å². The van der Waals surface area contributed by atoms with E-state index < -0.39 is 58.1 Å². The fourth-order valence-corrected chi connectivity index (χ4v) is 1.74. The van der Waals surface area contributed by atoms with Crippen molar-refractivity contribution in [1.29, 1.82) is 0 Å². The van der Waals surface area contributed by atoms with Crippen LogP contribution in [-0.2, 0) is 34.0 Å². The van der Waals surface area contributed by atoms with Crippen molar-refractivity contribution in [1.82, 2.24) is 0 Å². The third kappa shape index (κ3) is 7.34. The highest BCUT2D eigenvalue weighted by molar-refractivity contribution is 7.87. The van der Waals surface area contributed by atoms with E-state index in [2.05, 4.69) is 4.74 Å². The van der Waals surface area contributed by atoms with Crippen LogP contribution in [0.4, 0.5) is 0 Å². The van der Waals surface area contributed by atoms with E-state index >= 15 is 0 Å². The van der Waals surface area contributed by atoms with Crippen LogP contribution in [0.25, 0.3) is 0 Å². The SMILES string of the molecule is N[C@H](CCC(=O)OC(=O)C(CC(=O)O)S(=O)(=O)O)C(=O)O. The number of carboxylic acids is 2. The van der Waals surface area contributed by atoms with Crippen LogP contribution in [0.1, 0.15) is 19.3 Å². The second-order valence-corrected chi connectivity index (χ2v) is 5.48. The smallest absolute Gasteiger partial charge is 0.335 e. The molecule has 1 unspecified atom stereocenters. The molecule has 0 spiro atoms. The summed E-state index contributed by atoms with van der Waals surface area (Å²) in [6.45, 7) is 0. The van der Waals surface area contributed by atoms with Gasteiger partial charge >= 0.3 is 23.9 Å². The average Bonchev–Trinajstić information content (AvgIpc) is 2.30. The highest BCUT2D eigenvalue weighted by Gasteiger charge is 2.36. The lowest BCUT2D eigenvalue weighted by molar-refractivity contribution is -0.160. The molecular weight excluding hydrogens is 314 g/mol. The summed E-state index contributed by atoms with van der Waals surface area (Å²) in [5.74, 6) is -6.17. The number of aliphatic carboxylic acids is 2. The summed E-state index contributed by atoms with van der Waals surface area (Å²) in [6.07, 6.45) is -2.28. The van der Waals surface area contributed by atoms with E-state index in [0.717, 1.165) is 0 Å². The average molecular weight is 327 g/mol. The van der Waals surface area contributed by atoms with Crippen LogP contribution >= 0.6 is 0 Å². The van der Waals surface area contributed by atoms with E-state index in [4.69, 9.17) is 20.5 Å². The summed E-state index contributed by atoms with van der Waals surface area (Å²) in [4.78, 5) is 43.3. The summed E-state index contributed by atoms with van der Waals surface area (Å²) in [7, 11) is -5.08. The number of carbonyl (C=O) groups is 4. The highest BCUT2D eigenvalue weighted by Crippen LogP contribution is 2.09. The van der Waals surface area contributed by atoms with Gasteiger partial charge in [0.25, 0.3) is 10.1 Å². The molecular formula is C9H13NO10S. The Balaban J connectivity index is 4.66. The number of hydrogen-bond donors (Lipinski definition) is 4. The summed E-state index contributed by atoms with van der Waals surface area (Å²) >= 11 is 0. The molecule has 0 saturated heterocycles. The van der Waals surface area contributed by atoms with Gasteiger partial charge in [-0.05, 0) is 6.42 Å². The number of rotatable bonds is 8. The predicted octanol–water partition coefficient (Wildman–Crippen LogP) is -2.02. The summed E-state index contributed by atoms with van der Waals surface area (Å²) in [5.41, 5.74) is 5.08. The molecule has 12 heteroatoms. The molecule has 0 bridgehead atoms. The van der Waals surface area contributed by atoms with Gasteiger partial charge in [0.15, 0.2) is 5.25 Å². The molecule has 0 fully saturated rings. The molecule has 2 atom stereocenters. The molecule has 120 valence electrons. The Bertz CT molecular complexity index is 539. The second-order valence-electron chi connectivity index (χ2n) is 3.88. The zero-order valence-electron chi connectivity index (χ0n) is 10.5. The summed E-state index contributed by atoms with van der Waals surface area (Å²) < 4.78 is 34.4. The van der Waals surface area contributed by atoms with E-state index in [1.807, 2.05) is 0 Å². The van der Waals surface area contributed by atoms with Gasteiger partial charge in [0.1, 0.15) is 6.04 Å².